The molecule has 0 aromatic rings. The maximum atomic E-state index is 13.6. The van der Waals surface area contributed by atoms with Crippen molar-refractivity contribution in [2.75, 3.05) is 6.54 Å². The van der Waals surface area contributed by atoms with E-state index in [-0.39, 0.29) is 34.9 Å². The summed E-state index contributed by atoms with van der Waals surface area (Å²) in [4.78, 5) is 59.1. The second kappa shape index (κ2) is 16.2. The van der Waals surface area contributed by atoms with Crippen LogP contribution in [-0.2, 0) is 28.7 Å². The lowest BCUT2D eigenvalue weighted by Gasteiger charge is -2.62. The minimum Gasteiger partial charge on any atom is -0.481 e. The number of hydrogen-bond acceptors (Lipinski definition) is 9. The monoisotopic (exact) mass is 695 g/mol. The van der Waals surface area contributed by atoms with Crippen LogP contribution in [0.25, 0.3) is 0 Å². The number of hydrogen-bond donors (Lipinski definition) is 5. The first-order valence-electron chi connectivity index (χ1n) is 18.3. The number of nitrogens with zero attached hydrogens (tertiary/aromatic N) is 1. The topological polar surface area (TPSA) is 199 Å². The van der Waals surface area contributed by atoms with Crippen LogP contribution in [0.3, 0.4) is 0 Å². The zero-order valence-electron chi connectivity index (χ0n) is 30.5. The van der Waals surface area contributed by atoms with Gasteiger partial charge in [0.25, 0.3) is 0 Å². The standard InChI is InChI=1S/C31H53NO4.C6H8O7/c1-8-19(3)32(20(4)9-2)18-28(35)36-27-17-31(7)25(21(5)33)12-13-26(31)24-11-10-22-16-23(34)14-15-30(22,6)29(24)27;7-3(8)1-6(13,5(11)12)2-4(9)10/h19-20,22-27,29,34H,8-18H2,1-7H3;13H,1-2H2,(H,7,8)(H,9,10)(H,11,12)/t19?,20?,22-,23+,24-,25+,26-,27-,29+,30-,31+;/m0./s1. The SMILES string of the molecule is CCC(C)N(CC(=O)O[C@H]1C[C@]2(C)[C@@H](C(C)=O)CC[C@H]2[C@@H]2CC[C@H]3C[C@H](O)CC[C@]3(C)[C@H]21)C(C)CC.O=C(O)CC(O)(CC(=O)O)C(=O)O. The van der Waals surface area contributed by atoms with Crippen LogP contribution in [0, 0.1) is 40.4 Å². The number of Topliss-reactive ketones (excluding diaryl/α,β-unsaturated/α-hetero) is 1. The number of ketones is 1. The molecule has 0 bridgehead atoms. The zero-order chi connectivity index (χ0) is 37.1. The minimum atomic E-state index is -2.74. The van der Waals surface area contributed by atoms with Gasteiger partial charge in [-0.15, -0.1) is 0 Å². The molecule has 12 heteroatoms. The van der Waals surface area contributed by atoms with Gasteiger partial charge in [-0.25, -0.2) is 4.79 Å². The molecule has 0 saturated heterocycles. The Morgan fingerprint density at radius 1 is 0.878 bits per heavy atom. The number of fused-ring (bicyclic) bond motifs is 5. The largest absolute Gasteiger partial charge is 0.481 e. The number of aliphatic hydroxyl groups excluding tert-OH is 1. The van der Waals surface area contributed by atoms with Gasteiger partial charge in [-0.05, 0) is 114 Å². The highest BCUT2D eigenvalue weighted by atomic mass is 16.5. The van der Waals surface area contributed by atoms with E-state index >= 15 is 0 Å². The van der Waals surface area contributed by atoms with Crippen LogP contribution >= 0.6 is 0 Å². The molecule has 4 aliphatic carbocycles. The van der Waals surface area contributed by atoms with Crippen molar-refractivity contribution in [2.24, 2.45) is 40.4 Å². The summed E-state index contributed by atoms with van der Waals surface area (Å²) in [6, 6.07) is 0.670. The van der Waals surface area contributed by atoms with Gasteiger partial charge < -0.3 is 30.3 Å². The van der Waals surface area contributed by atoms with Gasteiger partial charge in [-0.2, -0.15) is 0 Å². The first kappa shape index (κ1) is 40.9. The van der Waals surface area contributed by atoms with Crippen molar-refractivity contribution < 1.29 is 54.2 Å². The number of aliphatic hydroxyl groups is 2. The summed E-state index contributed by atoms with van der Waals surface area (Å²) in [6.07, 6.45) is 7.36. The van der Waals surface area contributed by atoms with Crippen molar-refractivity contribution in [2.45, 2.75) is 155 Å². The van der Waals surface area contributed by atoms with Crippen molar-refractivity contribution in [3.05, 3.63) is 0 Å². The summed E-state index contributed by atoms with van der Waals surface area (Å²) in [6.45, 7) is 15.6. The average Bonchev–Trinajstić information content (AvgIpc) is 3.35. The summed E-state index contributed by atoms with van der Waals surface area (Å²) in [5, 5.41) is 44.3. The Morgan fingerprint density at radius 2 is 1.45 bits per heavy atom. The fourth-order valence-corrected chi connectivity index (χ4v) is 10.4. The number of esters is 1. The Morgan fingerprint density at radius 3 is 1.94 bits per heavy atom. The van der Waals surface area contributed by atoms with E-state index in [2.05, 4.69) is 46.4 Å². The van der Waals surface area contributed by atoms with Crippen LogP contribution in [0.4, 0.5) is 0 Å². The van der Waals surface area contributed by atoms with Crippen molar-refractivity contribution in [3.8, 4) is 0 Å². The van der Waals surface area contributed by atoms with E-state index in [0.29, 0.717) is 48.1 Å². The van der Waals surface area contributed by atoms with E-state index in [1.807, 2.05) is 0 Å². The van der Waals surface area contributed by atoms with Gasteiger partial charge in [0.2, 0.25) is 0 Å². The van der Waals surface area contributed by atoms with E-state index in [0.717, 1.165) is 64.2 Å². The Bertz CT molecular complexity index is 1200. The maximum absolute atomic E-state index is 13.6. The number of rotatable bonds is 13. The molecule has 4 rings (SSSR count). The van der Waals surface area contributed by atoms with Crippen molar-refractivity contribution in [1.29, 1.82) is 0 Å². The molecule has 49 heavy (non-hydrogen) atoms. The highest BCUT2D eigenvalue weighted by molar-refractivity contribution is 5.88. The molecule has 0 aliphatic heterocycles. The Hall–Kier alpha value is -2.57. The highest BCUT2D eigenvalue weighted by Crippen LogP contribution is 2.68. The first-order valence-corrected chi connectivity index (χ1v) is 18.3. The molecule has 0 heterocycles. The Balaban J connectivity index is 0.000000425. The molecule has 0 radical (unpaired) electrons. The molecule has 11 atom stereocenters. The summed E-state index contributed by atoms with van der Waals surface area (Å²) in [5.41, 5.74) is -2.73. The molecular weight excluding hydrogens is 634 g/mol. The molecule has 4 fully saturated rings. The molecule has 4 aliphatic rings. The molecule has 2 unspecified atom stereocenters. The Kier molecular flexibility index (Phi) is 13.5. The van der Waals surface area contributed by atoms with E-state index in [4.69, 9.17) is 25.2 Å². The van der Waals surface area contributed by atoms with Gasteiger partial charge in [0.15, 0.2) is 5.60 Å². The predicted molar refractivity (Wildman–Crippen MR) is 180 cm³/mol. The maximum Gasteiger partial charge on any atom is 0.336 e. The van der Waals surface area contributed by atoms with Crippen LogP contribution in [-0.4, -0.2) is 96.5 Å². The third kappa shape index (κ3) is 8.84. The van der Waals surface area contributed by atoms with Gasteiger partial charge in [0.05, 0.1) is 25.5 Å². The van der Waals surface area contributed by atoms with E-state index in [1.54, 1.807) is 6.92 Å². The molecule has 280 valence electrons. The van der Waals surface area contributed by atoms with Gasteiger partial charge >= 0.3 is 23.9 Å². The van der Waals surface area contributed by atoms with Gasteiger partial charge in [0.1, 0.15) is 11.9 Å². The lowest BCUT2D eigenvalue weighted by molar-refractivity contribution is -0.200. The predicted octanol–water partition coefficient (Wildman–Crippen LogP) is 4.77. The fraction of sp³-hybridized carbons (Fsp3) is 0.865. The highest BCUT2D eigenvalue weighted by Gasteiger charge is 2.64. The summed E-state index contributed by atoms with van der Waals surface area (Å²) in [7, 11) is 0. The van der Waals surface area contributed by atoms with Gasteiger partial charge in [-0.1, -0.05) is 27.7 Å². The van der Waals surface area contributed by atoms with Crippen LogP contribution in [0.15, 0.2) is 0 Å². The lowest BCUT2D eigenvalue weighted by Crippen LogP contribution is -2.60. The van der Waals surface area contributed by atoms with Crippen LogP contribution in [0.1, 0.15) is 126 Å². The zero-order valence-corrected chi connectivity index (χ0v) is 30.5. The second-order valence-electron chi connectivity index (χ2n) is 16.1. The van der Waals surface area contributed by atoms with E-state index in [9.17, 15) is 29.1 Å². The molecular formula is C37H61NO11. The van der Waals surface area contributed by atoms with Crippen molar-refractivity contribution in [3.63, 3.8) is 0 Å². The molecule has 0 aromatic heterocycles. The van der Waals surface area contributed by atoms with Crippen LogP contribution < -0.4 is 0 Å². The fourth-order valence-electron chi connectivity index (χ4n) is 10.4. The normalized spacial score (nSPS) is 35.0. The Labute approximate surface area is 291 Å². The number of ether oxygens (including phenoxy) is 1. The van der Waals surface area contributed by atoms with Crippen LogP contribution in [0.5, 0.6) is 0 Å². The summed E-state index contributed by atoms with van der Waals surface area (Å²) in [5.74, 6) is -2.86. The number of carbonyl (C=O) groups is 5. The molecule has 12 nitrogen and oxygen atoms in total. The van der Waals surface area contributed by atoms with Crippen molar-refractivity contribution >= 4 is 29.7 Å². The van der Waals surface area contributed by atoms with Gasteiger partial charge in [0, 0.05) is 23.9 Å². The number of carboxylic acid groups (broad SMARTS) is 3. The average molecular weight is 696 g/mol. The smallest absolute Gasteiger partial charge is 0.336 e. The number of carboxylic acids is 3. The van der Waals surface area contributed by atoms with Gasteiger partial charge in [-0.3, -0.25) is 24.1 Å². The van der Waals surface area contributed by atoms with Crippen LogP contribution in [0.2, 0.25) is 0 Å². The van der Waals surface area contributed by atoms with E-state index in [1.165, 1.54) is 0 Å². The van der Waals surface area contributed by atoms with E-state index < -0.39 is 36.4 Å². The third-order valence-electron chi connectivity index (χ3n) is 13.2. The molecule has 0 amide bonds. The summed E-state index contributed by atoms with van der Waals surface area (Å²) >= 11 is 0. The molecule has 4 saturated carbocycles. The molecule has 5 N–H and O–H groups in total. The number of carbonyl (C=O) groups excluding carboxylic acids is 2. The van der Waals surface area contributed by atoms with Crippen molar-refractivity contribution in [1.82, 2.24) is 4.90 Å². The molecule has 0 spiro atoms. The summed E-state index contributed by atoms with van der Waals surface area (Å²) < 4.78 is 6.57. The second-order valence-corrected chi connectivity index (χ2v) is 16.1. The lowest BCUT2D eigenvalue weighted by atomic mass is 9.43. The first-order chi connectivity index (χ1) is 22.7. The number of aliphatic carboxylic acids is 3. The molecule has 0 aromatic carbocycles. The quantitative estimate of drug-likeness (QED) is 0.166. The third-order valence-corrected chi connectivity index (χ3v) is 13.2. The minimum absolute atomic E-state index is 0.0809.